The molecule has 1 aliphatic heterocycles. The van der Waals surface area contributed by atoms with Gasteiger partial charge in [0.05, 0.1) is 6.20 Å². The van der Waals surface area contributed by atoms with Crippen LogP contribution in [0.5, 0.6) is 11.6 Å². The molecule has 0 radical (unpaired) electrons. The first-order valence-corrected chi connectivity index (χ1v) is 4.37. The fourth-order valence-electron chi connectivity index (χ4n) is 0.950. The van der Waals surface area contributed by atoms with Gasteiger partial charge in [-0.2, -0.15) is 4.98 Å². The van der Waals surface area contributed by atoms with Crippen LogP contribution in [0.15, 0.2) is 10.9 Å². The van der Waals surface area contributed by atoms with Gasteiger partial charge in [0.25, 0.3) is 5.88 Å². The van der Waals surface area contributed by atoms with E-state index in [1.807, 2.05) is 6.92 Å². The average molecular weight is 231 g/mol. The number of fused-ring (bicyclic) bond motifs is 1. The largest absolute Gasteiger partial charge is 0.483 e. The Morgan fingerprint density at radius 1 is 1.67 bits per heavy atom. The highest BCUT2D eigenvalue weighted by Gasteiger charge is 2.18. The van der Waals surface area contributed by atoms with Gasteiger partial charge in [0, 0.05) is 0 Å². The van der Waals surface area contributed by atoms with E-state index in [0.717, 1.165) is 0 Å². The molecule has 0 fully saturated rings. The summed E-state index contributed by atoms with van der Waals surface area (Å²) >= 11 is 3.15. The normalized spacial score (nSPS) is 20.7. The first-order valence-electron chi connectivity index (χ1n) is 3.57. The van der Waals surface area contributed by atoms with Gasteiger partial charge in [-0.05, 0) is 22.9 Å². The van der Waals surface area contributed by atoms with Crippen LogP contribution >= 0.6 is 15.9 Å². The van der Waals surface area contributed by atoms with Gasteiger partial charge in [0.15, 0.2) is 10.5 Å². The third-order valence-electron chi connectivity index (χ3n) is 1.48. The Kier molecular flexibility index (Phi) is 1.88. The number of hydrogen-bond acceptors (Lipinski definition) is 4. The third-order valence-corrected chi connectivity index (χ3v) is 1.86. The van der Waals surface area contributed by atoms with Crippen LogP contribution in [-0.2, 0) is 0 Å². The monoisotopic (exact) mass is 230 g/mol. The minimum atomic E-state index is 0.0549. The van der Waals surface area contributed by atoms with E-state index < -0.39 is 0 Å². The van der Waals surface area contributed by atoms with E-state index in [-0.39, 0.29) is 6.10 Å². The molecule has 0 saturated heterocycles. The molecule has 0 aliphatic carbocycles. The molecule has 0 spiro atoms. The molecular weight excluding hydrogens is 224 g/mol. The van der Waals surface area contributed by atoms with E-state index in [0.29, 0.717) is 23.0 Å². The lowest BCUT2D eigenvalue weighted by Gasteiger charge is -2.21. The molecule has 1 atom stereocenters. The lowest BCUT2D eigenvalue weighted by atomic mass is 10.4. The zero-order valence-corrected chi connectivity index (χ0v) is 8.04. The molecular formula is C7H7BrN2O2. The molecule has 0 bridgehead atoms. The van der Waals surface area contributed by atoms with Crippen molar-refractivity contribution in [3.05, 3.63) is 10.9 Å². The smallest absolute Gasteiger partial charge is 0.261 e. The second kappa shape index (κ2) is 2.90. The van der Waals surface area contributed by atoms with Crippen molar-refractivity contribution in [2.24, 2.45) is 0 Å². The van der Waals surface area contributed by atoms with Crippen LogP contribution in [0.2, 0.25) is 0 Å². The van der Waals surface area contributed by atoms with Gasteiger partial charge in [-0.3, -0.25) is 0 Å². The number of ether oxygens (including phenoxy) is 2. The van der Waals surface area contributed by atoms with Crippen molar-refractivity contribution >= 4 is 15.9 Å². The molecule has 5 heteroatoms. The fourth-order valence-corrected chi connectivity index (χ4v) is 1.21. The Morgan fingerprint density at radius 3 is 3.33 bits per heavy atom. The first-order chi connectivity index (χ1) is 5.75. The standard InChI is InChI=1S/C7H7BrN2O2/c1-4-3-11-5-2-9-7(8)10-6(5)12-4/h2,4H,3H2,1H3. The topological polar surface area (TPSA) is 44.2 Å². The molecule has 64 valence electrons. The van der Waals surface area contributed by atoms with Crippen LogP contribution < -0.4 is 9.47 Å². The van der Waals surface area contributed by atoms with E-state index in [4.69, 9.17) is 9.47 Å². The minimum absolute atomic E-state index is 0.0549. The molecule has 1 unspecified atom stereocenters. The second-order valence-corrected chi connectivity index (χ2v) is 3.26. The number of aromatic nitrogens is 2. The van der Waals surface area contributed by atoms with Crippen molar-refractivity contribution in [2.45, 2.75) is 13.0 Å². The van der Waals surface area contributed by atoms with Crippen molar-refractivity contribution in [3.8, 4) is 11.6 Å². The Morgan fingerprint density at radius 2 is 2.50 bits per heavy atom. The lowest BCUT2D eigenvalue weighted by Crippen LogP contribution is -2.26. The molecule has 4 nitrogen and oxygen atoms in total. The Hall–Kier alpha value is -0.840. The number of rotatable bonds is 0. The second-order valence-electron chi connectivity index (χ2n) is 2.55. The van der Waals surface area contributed by atoms with E-state index in [1.165, 1.54) is 0 Å². The van der Waals surface area contributed by atoms with Crippen molar-refractivity contribution in [2.75, 3.05) is 6.61 Å². The molecule has 1 aromatic rings. The maximum absolute atomic E-state index is 5.41. The van der Waals surface area contributed by atoms with Gasteiger partial charge >= 0.3 is 0 Å². The average Bonchev–Trinajstić information content (AvgIpc) is 2.03. The van der Waals surface area contributed by atoms with Crippen molar-refractivity contribution in [3.63, 3.8) is 0 Å². The summed E-state index contributed by atoms with van der Waals surface area (Å²) in [6.45, 7) is 2.48. The molecule has 1 aromatic heterocycles. The zero-order chi connectivity index (χ0) is 8.55. The molecule has 0 aromatic carbocycles. The summed E-state index contributed by atoms with van der Waals surface area (Å²) in [7, 11) is 0. The third kappa shape index (κ3) is 1.36. The lowest BCUT2D eigenvalue weighted by molar-refractivity contribution is 0.0966. The molecule has 2 rings (SSSR count). The van der Waals surface area contributed by atoms with Crippen LogP contribution in [0.25, 0.3) is 0 Å². The van der Waals surface area contributed by atoms with Crippen molar-refractivity contribution in [1.82, 2.24) is 9.97 Å². The molecule has 0 N–H and O–H groups in total. The van der Waals surface area contributed by atoms with Gasteiger partial charge in [-0.1, -0.05) is 0 Å². The zero-order valence-electron chi connectivity index (χ0n) is 6.45. The molecule has 0 saturated carbocycles. The van der Waals surface area contributed by atoms with Crippen LogP contribution in [0.1, 0.15) is 6.92 Å². The van der Waals surface area contributed by atoms with Gasteiger partial charge in [-0.15, -0.1) is 0 Å². The maximum Gasteiger partial charge on any atom is 0.261 e. The summed E-state index contributed by atoms with van der Waals surface area (Å²) in [5.74, 6) is 1.12. The highest BCUT2D eigenvalue weighted by atomic mass is 79.9. The Balaban J connectivity index is 2.37. The fraction of sp³-hybridized carbons (Fsp3) is 0.429. The van der Waals surface area contributed by atoms with Gasteiger partial charge in [0.2, 0.25) is 0 Å². The highest BCUT2D eigenvalue weighted by Crippen LogP contribution is 2.29. The molecule has 0 amide bonds. The number of nitrogens with zero attached hydrogens (tertiary/aromatic N) is 2. The van der Waals surface area contributed by atoms with E-state index in [1.54, 1.807) is 6.20 Å². The predicted octanol–water partition coefficient (Wildman–Crippen LogP) is 1.40. The van der Waals surface area contributed by atoms with Crippen molar-refractivity contribution in [1.29, 1.82) is 0 Å². The Labute approximate surface area is 78.1 Å². The summed E-state index contributed by atoms with van der Waals surface area (Å²) < 4.78 is 11.2. The van der Waals surface area contributed by atoms with Crippen LogP contribution in [-0.4, -0.2) is 22.7 Å². The van der Waals surface area contributed by atoms with Gasteiger partial charge < -0.3 is 9.47 Å². The van der Waals surface area contributed by atoms with E-state index in [2.05, 4.69) is 25.9 Å². The van der Waals surface area contributed by atoms with Crippen LogP contribution in [0, 0.1) is 0 Å². The van der Waals surface area contributed by atoms with E-state index >= 15 is 0 Å². The maximum atomic E-state index is 5.41. The molecule has 2 heterocycles. The molecule has 12 heavy (non-hydrogen) atoms. The first kappa shape index (κ1) is 7.79. The quantitative estimate of drug-likeness (QED) is 0.633. The number of halogens is 1. The highest BCUT2D eigenvalue weighted by molar-refractivity contribution is 9.10. The van der Waals surface area contributed by atoms with Gasteiger partial charge in [0.1, 0.15) is 12.7 Å². The summed E-state index contributed by atoms with van der Waals surface area (Å²) in [6, 6.07) is 0. The van der Waals surface area contributed by atoms with E-state index in [9.17, 15) is 0 Å². The summed E-state index contributed by atoms with van der Waals surface area (Å²) in [5.41, 5.74) is 0. The molecule has 1 aliphatic rings. The number of hydrogen-bond donors (Lipinski definition) is 0. The minimum Gasteiger partial charge on any atom is -0.483 e. The van der Waals surface area contributed by atoms with Gasteiger partial charge in [-0.25, -0.2) is 4.98 Å². The summed E-state index contributed by atoms with van der Waals surface area (Å²) in [6.07, 6.45) is 1.65. The van der Waals surface area contributed by atoms with Crippen molar-refractivity contribution < 1.29 is 9.47 Å². The predicted molar refractivity (Wildman–Crippen MR) is 45.3 cm³/mol. The summed E-state index contributed by atoms with van der Waals surface area (Å²) in [5, 5.41) is 0. The summed E-state index contributed by atoms with van der Waals surface area (Å²) in [4.78, 5) is 7.94. The van der Waals surface area contributed by atoms with Crippen LogP contribution in [0.3, 0.4) is 0 Å². The van der Waals surface area contributed by atoms with Crippen LogP contribution in [0.4, 0.5) is 0 Å². The SMILES string of the molecule is CC1COc2cnc(Br)nc2O1. The Bertz CT molecular complexity index is 305.